The molecule has 0 aromatic heterocycles. The Morgan fingerprint density at radius 1 is 0.875 bits per heavy atom. The molecule has 2 aromatic rings. The first-order valence-corrected chi connectivity index (χ1v) is 8.48. The summed E-state index contributed by atoms with van der Waals surface area (Å²) < 4.78 is 0. The Bertz CT molecular complexity index is 782. The standard InChI is InChI=1S/C20H20N2O2/c23-19-9-8-18(22-19)14-6-4-13(5-7-14)15-2-1-3-16(12-15)17-10-11-21-20(17)24/h1-7,12,17-18H,8-11H2,(H,21,24)(H,22,23). The van der Waals surface area contributed by atoms with Crippen molar-refractivity contribution in [3.05, 3.63) is 59.7 Å². The number of hydrogen-bond donors (Lipinski definition) is 2. The van der Waals surface area contributed by atoms with Gasteiger partial charge in [-0.05, 0) is 35.1 Å². The lowest BCUT2D eigenvalue weighted by molar-refractivity contribution is -0.120. The van der Waals surface area contributed by atoms with Crippen LogP contribution in [0.15, 0.2) is 48.5 Å². The van der Waals surface area contributed by atoms with E-state index in [2.05, 4.69) is 47.0 Å². The predicted molar refractivity (Wildman–Crippen MR) is 92.4 cm³/mol. The Morgan fingerprint density at radius 3 is 2.38 bits per heavy atom. The topological polar surface area (TPSA) is 58.2 Å². The number of carbonyl (C=O) groups is 2. The van der Waals surface area contributed by atoms with Crippen LogP contribution in [0.3, 0.4) is 0 Å². The van der Waals surface area contributed by atoms with Crippen LogP contribution in [0, 0.1) is 0 Å². The second-order valence-corrected chi connectivity index (χ2v) is 6.54. The van der Waals surface area contributed by atoms with Crippen LogP contribution in [0.25, 0.3) is 11.1 Å². The van der Waals surface area contributed by atoms with Crippen LogP contribution < -0.4 is 10.6 Å². The smallest absolute Gasteiger partial charge is 0.227 e. The molecule has 0 radical (unpaired) electrons. The van der Waals surface area contributed by atoms with Gasteiger partial charge in [-0.25, -0.2) is 0 Å². The summed E-state index contributed by atoms with van der Waals surface area (Å²) in [6.07, 6.45) is 2.34. The van der Waals surface area contributed by atoms with Crippen molar-refractivity contribution < 1.29 is 9.59 Å². The molecular formula is C20H20N2O2. The second-order valence-electron chi connectivity index (χ2n) is 6.54. The Kier molecular flexibility index (Phi) is 3.81. The van der Waals surface area contributed by atoms with Gasteiger partial charge in [-0.1, -0.05) is 48.5 Å². The van der Waals surface area contributed by atoms with Crippen molar-refractivity contribution in [2.75, 3.05) is 6.54 Å². The highest BCUT2D eigenvalue weighted by Crippen LogP contribution is 2.30. The van der Waals surface area contributed by atoms with E-state index in [1.165, 1.54) is 0 Å². The van der Waals surface area contributed by atoms with Gasteiger partial charge in [-0.3, -0.25) is 9.59 Å². The summed E-state index contributed by atoms with van der Waals surface area (Å²) in [7, 11) is 0. The highest BCUT2D eigenvalue weighted by molar-refractivity contribution is 5.86. The van der Waals surface area contributed by atoms with Gasteiger partial charge < -0.3 is 10.6 Å². The van der Waals surface area contributed by atoms with E-state index in [0.29, 0.717) is 6.42 Å². The SMILES string of the molecule is O=C1CCC(c2ccc(-c3cccc(C4CCNC4=O)c3)cc2)N1. The van der Waals surface area contributed by atoms with E-state index in [4.69, 9.17) is 0 Å². The van der Waals surface area contributed by atoms with E-state index in [9.17, 15) is 9.59 Å². The zero-order valence-electron chi connectivity index (χ0n) is 13.4. The first-order valence-electron chi connectivity index (χ1n) is 8.48. The summed E-state index contributed by atoms with van der Waals surface area (Å²) in [5, 5.41) is 5.89. The molecule has 4 heteroatoms. The highest BCUT2D eigenvalue weighted by atomic mass is 16.2. The number of carbonyl (C=O) groups excluding carboxylic acids is 2. The number of rotatable bonds is 3. The van der Waals surface area contributed by atoms with Gasteiger partial charge >= 0.3 is 0 Å². The number of amides is 2. The molecule has 2 fully saturated rings. The van der Waals surface area contributed by atoms with Crippen molar-refractivity contribution in [1.29, 1.82) is 0 Å². The lowest BCUT2D eigenvalue weighted by Crippen LogP contribution is -2.18. The van der Waals surface area contributed by atoms with Crippen LogP contribution in [0.2, 0.25) is 0 Å². The van der Waals surface area contributed by atoms with Gasteiger partial charge in [0, 0.05) is 13.0 Å². The van der Waals surface area contributed by atoms with Gasteiger partial charge in [0.05, 0.1) is 12.0 Å². The fourth-order valence-corrected chi connectivity index (χ4v) is 3.62. The third kappa shape index (κ3) is 2.80. The van der Waals surface area contributed by atoms with Crippen molar-refractivity contribution in [3.8, 4) is 11.1 Å². The van der Waals surface area contributed by atoms with Gasteiger partial charge in [0.25, 0.3) is 0 Å². The molecule has 2 amide bonds. The summed E-state index contributed by atoms with van der Waals surface area (Å²) in [6, 6.07) is 16.7. The average Bonchev–Trinajstić information content (AvgIpc) is 3.24. The molecule has 0 bridgehead atoms. The Labute approximate surface area is 141 Å². The van der Waals surface area contributed by atoms with E-state index in [1.807, 2.05) is 12.1 Å². The summed E-state index contributed by atoms with van der Waals surface area (Å²) >= 11 is 0. The first kappa shape index (κ1) is 14.9. The highest BCUT2D eigenvalue weighted by Gasteiger charge is 2.26. The van der Waals surface area contributed by atoms with E-state index in [-0.39, 0.29) is 23.8 Å². The lowest BCUT2D eigenvalue weighted by Gasteiger charge is -2.12. The molecule has 122 valence electrons. The van der Waals surface area contributed by atoms with Crippen LogP contribution >= 0.6 is 0 Å². The van der Waals surface area contributed by atoms with Gasteiger partial charge in [-0.15, -0.1) is 0 Å². The molecule has 4 rings (SSSR count). The van der Waals surface area contributed by atoms with E-state index < -0.39 is 0 Å². The molecule has 2 saturated heterocycles. The molecule has 0 aliphatic carbocycles. The van der Waals surface area contributed by atoms with Crippen molar-refractivity contribution in [1.82, 2.24) is 10.6 Å². The monoisotopic (exact) mass is 320 g/mol. The summed E-state index contributed by atoms with van der Waals surface area (Å²) in [5.41, 5.74) is 4.48. The Morgan fingerprint density at radius 2 is 1.71 bits per heavy atom. The fraction of sp³-hybridized carbons (Fsp3) is 0.300. The van der Waals surface area contributed by atoms with Crippen molar-refractivity contribution in [3.63, 3.8) is 0 Å². The quantitative estimate of drug-likeness (QED) is 0.913. The minimum atomic E-state index is -0.0297. The first-order chi connectivity index (χ1) is 11.7. The average molecular weight is 320 g/mol. The lowest BCUT2D eigenvalue weighted by atomic mass is 9.93. The maximum atomic E-state index is 11.9. The molecule has 2 heterocycles. The normalized spacial score (nSPS) is 23.2. The predicted octanol–water partition coefficient (Wildman–Crippen LogP) is 2.91. The minimum Gasteiger partial charge on any atom is -0.356 e. The third-order valence-corrected chi connectivity index (χ3v) is 4.98. The van der Waals surface area contributed by atoms with Crippen LogP contribution in [-0.2, 0) is 9.59 Å². The molecule has 4 nitrogen and oxygen atoms in total. The molecule has 2 unspecified atom stereocenters. The van der Waals surface area contributed by atoms with Crippen LogP contribution in [0.5, 0.6) is 0 Å². The molecule has 2 atom stereocenters. The third-order valence-electron chi connectivity index (χ3n) is 4.98. The fourth-order valence-electron chi connectivity index (χ4n) is 3.62. The molecule has 2 aliphatic heterocycles. The number of hydrogen-bond acceptors (Lipinski definition) is 2. The molecule has 2 aromatic carbocycles. The van der Waals surface area contributed by atoms with Crippen molar-refractivity contribution in [2.45, 2.75) is 31.2 Å². The number of benzene rings is 2. The summed E-state index contributed by atoms with van der Waals surface area (Å²) in [6.45, 7) is 0.759. The molecule has 0 saturated carbocycles. The molecule has 24 heavy (non-hydrogen) atoms. The minimum absolute atomic E-state index is 0.0297. The van der Waals surface area contributed by atoms with Crippen molar-refractivity contribution >= 4 is 11.8 Å². The Hall–Kier alpha value is -2.62. The number of nitrogens with one attached hydrogen (secondary N) is 2. The zero-order valence-corrected chi connectivity index (χ0v) is 13.4. The summed E-state index contributed by atoms with van der Waals surface area (Å²) in [4.78, 5) is 23.3. The maximum absolute atomic E-state index is 11.9. The van der Waals surface area contributed by atoms with Crippen molar-refractivity contribution in [2.24, 2.45) is 0 Å². The second kappa shape index (κ2) is 6.11. The maximum Gasteiger partial charge on any atom is 0.227 e. The molecule has 2 aliphatic rings. The molecule has 2 N–H and O–H groups in total. The zero-order chi connectivity index (χ0) is 16.5. The van der Waals surface area contributed by atoms with Gasteiger partial charge in [-0.2, -0.15) is 0 Å². The van der Waals surface area contributed by atoms with Crippen LogP contribution in [0.4, 0.5) is 0 Å². The van der Waals surface area contributed by atoms with Crippen LogP contribution in [0.1, 0.15) is 42.3 Å². The van der Waals surface area contributed by atoms with E-state index >= 15 is 0 Å². The molecule has 0 spiro atoms. The van der Waals surface area contributed by atoms with Gasteiger partial charge in [0.1, 0.15) is 0 Å². The summed E-state index contributed by atoms with van der Waals surface area (Å²) in [5.74, 6) is 0.226. The molecular weight excluding hydrogens is 300 g/mol. The Balaban J connectivity index is 1.57. The van der Waals surface area contributed by atoms with E-state index in [1.54, 1.807) is 0 Å². The van der Waals surface area contributed by atoms with Gasteiger partial charge in [0.15, 0.2) is 0 Å². The van der Waals surface area contributed by atoms with Gasteiger partial charge in [0.2, 0.25) is 11.8 Å². The largest absolute Gasteiger partial charge is 0.356 e. The van der Waals surface area contributed by atoms with E-state index in [0.717, 1.165) is 41.6 Å². The van der Waals surface area contributed by atoms with Crippen LogP contribution in [-0.4, -0.2) is 18.4 Å².